The van der Waals surface area contributed by atoms with Crippen molar-refractivity contribution in [1.29, 1.82) is 0 Å². The second kappa shape index (κ2) is 12.5. The number of carboxylic acid groups (broad SMARTS) is 1. The van der Waals surface area contributed by atoms with Crippen LogP contribution in [0.3, 0.4) is 0 Å². The summed E-state index contributed by atoms with van der Waals surface area (Å²) in [6.07, 6.45) is 3.10. The Kier molecular flexibility index (Phi) is 16.3. The van der Waals surface area contributed by atoms with Crippen LogP contribution in [0.1, 0.15) is 25.7 Å². The number of amides is 1. The van der Waals surface area contributed by atoms with Crippen molar-refractivity contribution in [2.24, 2.45) is 5.73 Å². The van der Waals surface area contributed by atoms with Crippen molar-refractivity contribution in [2.75, 3.05) is 34.3 Å². The van der Waals surface area contributed by atoms with Crippen LogP contribution in [0.5, 0.6) is 0 Å². The standard InChI is InChI=1S/C9H22NO.CH3NO2.ClH/c1-10(2,3)8-6-4-5-7-9-11;2-1(3)4;/h11H,4-9H2,1-3H3;2H2,(H,3,4);1H/q+1;;/p-2. The van der Waals surface area contributed by atoms with E-state index in [2.05, 4.69) is 26.9 Å². The Labute approximate surface area is 104 Å². The average molecular weight is 256 g/mol. The maximum absolute atomic E-state index is 8.67. The van der Waals surface area contributed by atoms with Gasteiger partial charge in [-0.1, -0.05) is 6.42 Å². The van der Waals surface area contributed by atoms with Crippen LogP contribution in [0, 0.1) is 0 Å². The van der Waals surface area contributed by atoms with Gasteiger partial charge in [0.05, 0.1) is 27.7 Å². The molecule has 0 aromatic carbocycles. The van der Waals surface area contributed by atoms with Gasteiger partial charge in [0, 0.05) is 6.61 Å². The molecule has 0 saturated heterocycles. The molecule has 3 N–H and O–H groups in total. The molecule has 0 radical (unpaired) electrons. The lowest BCUT2D eigenvalue weighted by atomic mass is 10.2. The Hall–Kier alpha value is -0.520. The number of aliphatic hydroxyl groups excluding tert-OH is 1. The first-order valence-electron chi connectivity index (χ1n) is 5.17. The van der Waals surface area contributed by atoms with Crippen molar-refractivity contribution >= 4 is 6.09 Å². The molecule has 0 heterocycles. The zero-order valence-corrected chi connectivity index (χ0v) is 11.2. The fraction of sp³-hybridized carbons (Fsp3) is 0.900. The minimum atomic E-state index is -1.58. The number of carbonyl (C=O) groups excluding carboxylic acids is 1. The highest BCUT2D eigenvalue weighted by Gasteiger charge is 2.04. The van der Waals surface area contributed by atoms with Gasteiger partial charge in [-0.3, -0.25) is 0 Å². The second-order valence-corrected chi connectivity index (χ2v) is 4.47. The summed E-state index contributed by atoms with van der Waals surface area (Å²) in [5, 5.41) is 17.2. The van der Waals surface area contributed by atoms with Gasteiger partial charge in [0.25, 0.3) is 0 Å². The number of quaternary nitrogens is 1. The maximum atomic E-state index is 8.67. The second-order valence-electron chi connectivity index (χ2n) is 4.47. The summed E-state index contributed by atoms with van der Waals surface area (Å²) in [6, 6.07) is 0. The van der Waals surface area contributed by atoms with E-state index in [4.69, 9.17) is 15.0 Å². The minimum absolute atomic E-state index is 0. The number of hydrogen-bond acceptors (Lipinski definition) is 3. The molecule has 0 spiro atoms. The molecule has 0 aliphatic heterocycles. The van der Waals surface area contributed by atoms with Gasteiger partial charge < -0.3 is 37.6 Å². The smallest absolute Gasteiger partial charge is 0.131 e. The van der Waals surface area contributed by atoms with Crippen molar-refractivity contribution < 1.29 is 31.9 Å². The molecule has 0 aromatic rings. The third kappa shape index (κ3) is 37.5. The van der Waals surface area contributed by atoms with Crippen LogP contribution in [0.15, 0.2) is 0 Å². The highest BCUT2D eigenvalue weighted by molar-refractivity contribution is 5.58. The fourth-order valence-electron chi connectivity index (χ4n) is 1.05. The molecule has 0 rings (SSSR count). The van der Waals surface area contributed by atoms with Crippen LogP contribution in [-0.2, 0) is 0 Å². The van der Waals surface area contributed by atoms with E-state index >= 15 is 0 Å². The molecule has 0 unspecified atom stereocenters. The highest BCUT2D eigenvalue weighted by Crippen LogP contribution is 2.02. The topological polar surface area (TPSA) is 86.4 Å². The zero-order valence-electron chi connectivity index (χ0n) is 10.4. The quantitative estimate of drug-likeness (QED) is 0.382. The molecule has 0 aromatic heterocycles. The van der Waals surface area contributed by atoms with Gasteiger partial charge in [-0.05, 0) is 19.3 Å². The van der Waals surface area contributed by atoms with Crippen molar-refractivity contribution in [2.45, 2.75) is 25.7 Å². The van der Waals surface area contributed by atoms with Crippen LogP contribution in [0.4, 0.5) is 4.79 Å². The molecule has 0 atom stereocenters. The summed E-state index contributed by atoms with van der Waals surface area (Å²) < 4.78 is 1.05. The van der Waals surface area contributed by atoms with E-state index in [9.17, 15) is 0 Å². The Balaban J connectivity index is -0.000000292. The van der Waals surface area contributed by atoms with Gasteiger partial charge in [-0.25, -0.2) is 0 Å². The first kappa shape index (κ1) is 20.8. The van der Waals surface area contributed by atoms with E-state index < -0.39 is 6.09 Å². The number of nitrogens with zero attached hydrogens (tertiary/aromatic N) is 1. The van der Waals surface area contributed by atoms with Crippen molar-refractivity contribution in [3.8, 4) is 0 Å². The number of unbranched alkanes of at least 4 members (excludes halogenated alkanes) is 3. The maximum Gasteiger partial charge on any atom is 0.131 e. The lowest BCUT2D eigenvalue weighted by molar-refractivity contribution is -0.870. The molecule has 0 fully saturated rings. The van der Waals surface area contributed by atoms with E-state index in [-0.39, 0.29) is 12.4 Å². The third-order valence-corrected chi connectivity index (χ3v) is 1.74. The lowest BCUT2D eigenvalue weighted by Gasteiger charge is -2.23. The van der Waals surface area contributed by atoms with E-state index in [1.807, 2.05) is 0 Å². The average Bonchev–Trinajstić information content (AvgIpc) is 2.01. The van der Waals surface area contributed by atoms with Gasteiger partial charge in [-0.15, -0.1) is 0 Å². The molecular weight excluding hydrogens is 232 g/mol. The third-order valence-electron chi connectivity index (χ3n) is 1.74. The van der Waals surface area contributed by atoms with Gasteiger partial charge in [0.2, 0.25) is 0 Å². The summed E-state index contributed by atoms with van der Waals surface area (Å²) in [4.78, 5) is 8.67. The number of primary amides is 1. The number of carbonyl (C=O) groups is 1. The lowest BCUT2D eigenvalue weighted by Crippen LogP contribution is -3.00. The predicted molar refractivity (Wildman–Crippen MR) is 58.0 cm³/mol. The van der Waals surface area contributed by atoms with Crippen molar-refractivity contribution in [1.82, 2.24) is 0 Å². The first-order valence-corrected chi connectivity index (χ1v) is 5.17. The van der Waals surface area contributed by atoms with Crippen molar-refractivity contribution in [3.05, 3.63) is 0 Å². The first-order chi connectivity index (χ1) is 6.79. The summed E-state index contributed by atoms with van der Waals surface area (Å²) in [7, 11) is 6.64. The van der Waals surface area contributed by atoms with Crippen LogP contribution in [0.25, 0.3) is 0 Å². The SMILES string of the molecule is C[N+](C)(C)CCCCCCO.NC(=O)[O-].[Cl-]. The Morgan fingerprint density at radius 3 is 1.88 bits per heavy atom. The Bertz CT molecular complexity index is 157. The molecule has 1 amide bonds. The zero-order chi connectivity index (χ0) is 12.3. The van der Waals surface area contributed by atoms with Crippen LogP contribution in [-0.4, -0.2) is 50.0 Å². The van der Waals surface area contributed by atoms with E-state index in [1.54, 1.807) is 0 Å². The number of rotatable bonds is 6. The fourth-order valence-corrected chi connectivity index (χ4v) is 1.05. The Morgan fingerprint density at radius 2 is 1.56 bits per heavy atom. The molecule has 0 aliphatic carbocycles. The molecule has 6 heteroatoms. The molecule has 16 heavy (non-hydrogen) atoms. The number of halogens is 1. The van der Waals surface area contributed by atoms with Crippen molar-refractivity contribution in [3.63, 3.8) is 0 Å². The summed E-state index contributed by atoms with van der Waals surface area (Å²) in [5.41, 5.74) is 3.92. The van der Waals surface area contributed by atoms with E-state index in [1.165, 1.54) is 25.8 Å². The van der Waals surface area contributed by atoms with Gasteiger partial charge in [-0.2, -0.15) is 0 Å². The predicted octanol–water partition coefficient (Wildman–Crippen LogP) is -3.46. The monoisotopic (exact) mass is 255 g/mol. The largest absolute Gasteiger partial charge is 1.00 e. The normalized spacial score (nSPS) is 9.75. The molecular formula is C10H24ClN2O3-. The minimum Gasteiger partial charge on any atom is -1.00 e. The van der Waals surface area contributed by atoms with Gasteiger partial charge in [0.1, 0.15) is 6.09 Å². The number of aliphatic hydroxyl groups is 1. The van der Waals surface area contributed by atoms with E-state index in [0.29, 0.717) is 6.61 Å². The molecule has 0 saturated carbocycles. The number of nitrogens with two attached hydrogens (primary N) is 1. The Morgan fingerprint density at radius 1 is 1.19 bits per heavy atom. The molecule has 0 bridgehead atoms. The van der Waals surface area contributed by atoms with Crippen LogP contribution >= 0.6 is 0 Å². The highest BCUT2D eigenvalue weighted by atomic mass is 35.5. The molecule has 5 nitrogen and oxygen atoms in total. The number of hydrogen-bond donors (Lipinski definition) is 2. The van der Waals surface area contributed by atoms with Gasteiger partial charge >= 0.3 is 0 Å². The van der Waals surface area contributed by atoms with Crippen LogP contribution in [0.2, 0.25) is 0 Å². The van der Waals surface area contributed by atoms with Crippen LogP contribution < -0.4 is 23.2 Å². The summed E-state index contributed by atoms with van der Waals surface area (Å²) >= 11 is 0. The summed E-state index contributed by atoms with van der Waals surface area (Å²) in [5.74, 6) is 0. The van der Waals surface area contributed by atoms with Gasteiger partial charge in [0.15, 0.2) is 0 Å². The molecule has 100 valence electrons. The molecule has 0 aliphatic rings. The van der Waals surface area contributed by atoms with E-state index in [0.717, 1.165) is 10.9 Å². The summed E-state index contributed by atoms with van der Waals surface area (Å²) in [6.45, 7) is 1.59.